The second-order valence-electron chi connectivity index (χ2n) is 3.32. The molecule has 0 saturated heterocycles. The first-order valence-corrected chi connectivity index (χ1v) is 5.09. The number of hydrogen-bond acceptors (Lipinski definition) is 2. The van der Waals surface area contributed by atoms with Crippen LogP contribution < -0.4 is 11.1 Å². The number of nitrogens with two attached hydrogens (primary N) is 1. The average molecular weight is 249 g/mol. The number of nitrogens with one attached hydrogen (secondary N) is 1. The van der Waals surface area contributed by atoms with Crippen LogP contribution in [0, 0.1) is 11.8 Å². The first-order valence-electron chi connectivity index (χ1n) is 4.30. The molecular formula is C9H17BrN2O. The summed E-state index contributed by atoms with van der Waals surface area (Å²) >= 11 is 3.17. The second-order valence-corrected chi connectivity index (χ2v) is 4.44. The maximum absolute atomic E-state index is 11.5. The zero-order chi connectivity index (χ0) is 10.4. The SMILES string of the molecule is C=C(Br)CNC(=O)C(CN)C(C)C. The molecule has 3 N–H and O–H groups in total. The van der Waals surface area contributed by atoms with Crippen LogP contribution in [0.2, 0.25) is 0 Å². The monoisotopic (exact) mass is 248 g/mol. The first kappa shape index (κ1) is 12.7. The number of carbonyl (C=O) groups is 1. The molecule has 1 atom stereocenters. The average Bonchev–Trinajstić information content (AvgIpc) is 2.01. The summed E-state index contributed by atoms with van der Waals surface area (Å²) in [5.41, 5.74) is 5.49. The standard InChI is InChI=1S/C9H17BrN2O/c1-6(2)8(4-11)9(13)12-5-7(3)10/h6,8H,3-5,11H2,1-2H3,(H,12,13). The highest BCUT2D eigenvalue weighted by molar-refractivity contribution is 9.11. The predicted molar refractivity (Wildman–Crippen MR) is 58.5 cm³/mol. The van der Waals surface area contributed by atoms with Crippen LogP contribution >= 0.6 is 15.9 Å². The lowest BCUT2D eigenvalue weighted by Crippen LogP contribution is -2.38. The zero-order valence-electron chi connectivity index (χ0n) is 8.14. The van der Waals surface area contributed by atoms with Crippen molar-refractivity contribution in [3.8, 4) is 0 Å². The normalized spacial score (nSPS) is 12.7. The van der Waals surface area contributed by atoms with E-state index in [9.17, 15) is 4.79 Å². The van der Waals surface area contributed by atoms with Crippen molar-refractivity contribution in [3.63, 3.8) is 0 Å². The predicted octanol–water partition coefficient (Wildman–Crippen LogP) is 1.24. The lowest BCUT2D eigenvalue weighted by atomic mass is 9.95. The fourth-order valence-electron chi connectivity index (χ4n) is 0.996. The molecular weight excluding hydrogens is 232 g/mol. The van der Waals surface area contributed by atoms with Crippen LogP contribution in [0.4, 0.5) is 0 Å². The molecule has 0 rings (SSSR count). The summed E-state index contributed by atoms with van der Waals surface area (Å²) in [7, 11) is 0. The lowest BCUT2D eigenvalue weighted by Gasteiger charge is -2.17. The van der Waals surface area contributed by atoms with Gasteiger partial charge < -0.3 is 11.1 Å². The van der Waals surface area contributed by atoms with Gasteiger partial charge in [-0.05, 0) is 5.92 Å². The summed E-state index contributed by atoms with van der Waals surface area (Å²) in [5, 5.41) is 2.75. The third kappa shape index (κ3) is 5.05. The van der Waals surface area contributed by atoms with E-state index in [1.807, 2.05) is 13.8 Å². The van der Waals surface area contributed by atoms with Gasteiger partial charge in [0.15, 0.2) is 0 Å². The van der Waals surface area contributed by atoms with E-state index >= 15 is 0 Å². The Balaban J connectivity index is 3.99. The number of amides is 1. The Morgan fingerprint density at radius 2 is 2.15 bits per heavy atom. The van der Waals surface area contributed by atoms with E-state index in [1.54, 1.807) is 0 Å². The minimum absolute atomic E-state index is 0.00176. The molecule has 0 aromatic rings. The van der Waals surface area contributed by atoms with E-state index in [1.165, 1.54) is 0 Å². The van der Waals surface area contributed by atoms with Crippen LogP contribution in [-0.4, -0.2) is 19.0 Å². The summed E-state index contributed by atoms with van der Waals surface area (Å²) in [6.07, 6.45) is 0. The number of hydrogen-bond donors (Lipinski definition) is 2. The van der Waals surface area contributed by atoms with Crippen molar-refractivity contribution in [2.45, 2.75) is 13.8 Å². The number of carbonyl (C=O) groups excluding carboxylic acids is 1. The Kier molecular flexibility index (Phi) is 5.99. The van der Waals surface area contributed by atoms with Crippen molar-refractivity contribution in [1.82, 2.24) is 5.32 Å². The highest BCUT2D eigenvalue weighted by Crippen LogP contribution is 2.09. The van der Waals surface area contributed by atoms with Gasteiger partial charge in [0.2, 0.25) is 5.91 Å². The fourth-order valence-corrected chi connectivity index (χ4v) is 1.14. The summed E-state index contributed by atoms with van der Waals surface area (Å²) in [4.78, 5) is 11.5. The van der Waals surface area contributed by atoms with Crippen LogP contribution in [0.5, 0.6) is 0 Å². The molecule has 1 amide bonds. The van der Waals surface area contributed by atoms with Gasteiger partial charge in [0.25, 0.3) is 0 Å². The van der Waals surface area contributed by atoms with Gasteiger partial charge in [-0.25, -0.2) is 0 Å². The van der Waals surface area contributed by atoms with Gasteiger partial charge in [0.1, 0.15) is 0 Å². The quantitative estimate of drug-likeness (QED) is 0.770. The molecule has 76 valence electrons. The zero-order valence-corrected chi connectivity index (χ0v) is 9.73. The molecule has 3 nitrogen and oxygen atoms in total. The van der Waals surface area contributed by atoms with E-state index in [4.69, 9.17) is 5.73 Å². The van der Waals surface area contributed by atoms with E-state index in [0.29, 0.717) is 13.1 Å². The second kappa shape index (κ2) is 6.16. The molecule has 0 aliphatic carbocycles. The Labute approximate surface area is 87.9 Å². The molecule has 0 aromatic carbocycles. The Hall–Kier alpha value is -0.350. The molecule has 0 radical (unpaired) electrons. The summed E-state index contributed by atoms with van der Waals surface area (Å²) in [6, 6.07) is 0. The number of rotatable bonds is 5. The van der Waals surface area contributed by atoms with Crippen LogP contribution in [-0.2, 0) is 4.79 Å². The molecule has 0 aliphatic rings. The molecule has 0 fully saturated rings. The van der Waals surface area contributed by atoms with Crippen molar-refractivity contribution in [1.29, 1.82) is 0 Å². The van der Waals surface area contributed by atoms with Crippen LogP contribution in [0.15, 0.2) is 11.1 Å². The summed E-state index contributed by atoms with van der Waals surface area (Å²) < 4.78 is 0.764. The van der Waals surface area contributed by atoms with E-state index in [-0.39, 0.29) is 17.7 Å². The molecule has 0 heterocycles. The van der Waals surface area contributed by atoms with E-state index < -0.39 is 0 Å². The molecule has 0 aromatic heterocycles. The Bertz CT molecular complexity index is 192. The van der Waals surface area contributed by atoms with Crippen molar-refractivity contribution < 1.29 is 4.79 Å². The van der Waals surface area contributed by atoms with Crippen molar-refractivity contribution >= 4 is 21.8 Å². The Morgan fingerprint density at radius 3 is 2.46 bits per heavy atom. The topological polar surface area (TPSA) is 55.1 Å². The maximum atomic E-state index is 11.5. The Morgan fingerprint density at radius 1 is 1.62 bits per heavy atom. The fraction of sp³-hybridized carbons (Fsp3) is 0.667. The maximum Gasteiger partial charge on any atom is 0.224 e. The summed E-state index contributed by atoms with van der Waals surface area (Å²) in [5.74, 6) is 0.165. The van der Waals surface area contributed by atoms with Crippen molar-refractivity contribution in [2.75, 3.05) is 13.1 Å². The summed E-state index contributed by atoms with van der Waals surface area (Å²) in [6.45, 7) is 8.45. The van der Waals surface area contributed by atoms with Crippen molar-refractivity contribution in [2.24, 2.45) is 17.6 Å². The highest BCUT2D eigenvalue weighted by atomic mass is 79.9. The van der Waals surface area contributed by atoms with Gasteiger partial charge in [0.05, 0.1) is 5.92 Å². The van der Waals surface area contributed by atoms with Crippen LogP contribution in [0.1, 0.15) is 13.8 Å². The van der Waals surface area contributed by atoms with Gasteiger partial charge in [-0.2, -0.15) is 0 Å². The molecule has 0 saturated carbocycles. The molecule has 0 bridgehead atoms. The highest BCUT2D eigenvalue weighted by Gasteiger charge is 2.19. The van der Waals surface area contributed by atoms with Crippen molar-refractivity contribution in [3.05, 3.63) is 11.1 Å². The smallest absolute Gasteiger partial charge is 0.224 e. The molecule has 0 spiro atoms. The minimum atomic E-state index is -0.105. The van der Waals surface area contributed by atoms with Gasteiger partial charge in [-0.3, -0.25) is 4.79 Å². The minimum Gasteiger partial charge on any atom is -0.351 e. The van der Waals surface area contributed by atoms with Gasteiger partial charge in [-0.1, -0.05) is 36.4 Å². The third-order valence-corrected chi connectivity index (χ3v) is 2.13. The molecule has 1 unspecified atom stereocenters. The van der Waals surface area contributed by atoms with Gasteiger partial charge in [0, 0.05) is 17.6 Å². The molecule has 0 aliphatic heterocycles. The molecule has 13 heavy (non-hydrogen) atoms. The van der Waals surface area contributed by atoms with E-state index in [2.05, 4.69) is 27.8 Å². The van der Waals surface area contributed by atoms with Gasteiger partial charge >= 0.3 is 0 Å². The van der Waals surface area contributed by atoms with Gasteiger partial charge in [-0.15, -0.1) is 0 Å². The van der Waals surface area contributed by atoms with Crippen LogP contribution in [0.25, 0.3) is 0 Å². The van der Waals surface area contributed by atoms with Crippen LogP contribution in [0.3, 0.4) is 0 Å². The third-order valence-electron chi connectivity index (χ3n) is 1.85. The molecule has 4 heteroatoms. The largest absolute Gasteiger partial charge is 0.351 e. The lowest BCUT2D eigenvalue weighted by molar-refractivity contribution is -0.125. The number of halogens is 1. The van der Waals surface area contributed by atoms with E-state index in [0.717, 1.165) is 4.48 Å². The first-order chi connectivity index (χ1) is 5.99.